The van der Waals surface area contributed by atoms with Gasteiger partial charge in [-0.1, -0.05) is 35.3 Å². The monoisotopic (exact) mass is 467 g/mol. The van der Waals surface area contributed by atoms with E-state index in [2.05, 4.69) is 38.8 Å². The molecule has 0 atom stereocenters. The molecule has 0 bridgehead atoms. The molecule has 6 rings (SSSR count). The van der Waals surface area contributed by atoms with Crippen LogP contribution < -0.4 is 20.3 Å². The highest BCUT2D eigenvalue weighted by atomic mass is 35.5. The number of aromatic nitrogens is 2. The average molecular weight is 468 g/mol. The largest absolute Gasteiger partial charge is 0.455 e. The number of hydrogen-bond donors (Lipinski definition) is 2. The van der Waals surface area contributed by atoms with Crippen LogP contribution in [-0.2, 0) is 12.0 Å². The first kappa shape index (κ1) is 19.8. The smallest absolute Gasteiger partial charge is 0.268 e. The number of rotatable bonds is 3. The van der Waals surface area contributed by atoms with Crippen LogP contribution in [0.15, 0.2) is 42.6 Å². The molecule has 32 heavy (non-hydrogen) atoms. The van der Waals surface area contributed by atoms with Crippen molar-refractivity contribution in [3.63, 3.8) is 0 Å². The minimum absolute atomic E-state index is 0.0433. The number of anilines is 3. The summed E-state index contributed by atoms with van der Waals surface area (Å²) < 4.78 is 5.76. The lowest BCUT2D eigenvalue weighted by Crippen LogP contribution is -2.39. The summed E-state index contributed by atoms with van der Waals surface area (Å²) in [5.74, 6) is 0.275. The zero-order valence-corrected chi connectivity index (χ0v) is 18.5. The third-order valence-corrected chi connectivity index (χ3v) is 6.94. The number of carbonyl (C=O) groups is 1. The zero-order chi connectivity index (χ0) is 21.9. The van der Waals surface area contributed by atoms with Crippen molar-refractivity contribution < 1.29 is 9.53 Å². The maximum absolute atomic E-state index is 13.0. The number of para-hydroxylation sites is 1. The van der Waals surface area contributed by atoms with Gasteiger partial charge in [0.15, 0.2) is 6.73 Å². The molecule has 7 nitrogen and oxygen atoms in total. The fourth-order valence-corrected chi connectivity index (χ4v) is 5.12. The number of hydrogen-bond acceptors (Lipinski definition) is 6. The molecular formula is C23H19Cl2N5O2. The minimum atomic E-state index is -0.317. The second-order valence-electron chi connectivity index (χ2n) is 8.37. The van der Waals surface area contributed by atoms with Gasteiger partial charge in [-0.15, -0.1) is 0 Å². The van der Waals surface area contributed by atoms with Crippen LogP contribution in [0, 0.1) is 0 Å². The Bertz CT molecular complexity index is 1240. The Morgan fingerprint density at radius 1 is 1.16 bits per heavy atom. The highest BCUT2D eigenvalue weighted by Crippen LogP contribution is 2.50. The summed E-state index contributed by atoms with van der Waals surface area (Å²) in [5.41, 5.74) is 4.64. The molecule has 3 aromatic rings. The molecule has 2 N–H and O–H groups in total. The number of carbonyl (C=O) groups excluding carboxylic acids is 1. The van der Waals surface area contributed by atoms with Gasteiger partial charge < -0.3 is 15.4 Å². The van der Waals surface area contributed by atoms with Crippen molar-refractivity contribution in [1.82, 2.24) is 15.3 Å². The van der Waals surface area contributed by atoms with Gasteiger partial charge in [-0.05, 0) is 48.2 Å². The van der Waals surface area contributed by atoms with Gasteiger partial charge in [0.25, 0.3) is 5.91 Å². The van der Waals surface area contributed by atoms with Crippen molar-refractivity contribution in [2.24, 2.45) is 0 Å². The van der Waals surface area contributed by atoms with Gasteiger partial charge in [-0.25, -0.2) is 4.98 Å². The van der Waals surface area contributed by atoms with Crippen LogP contribution in [0.1, 0.15) is 34.3 Å². The molecule has 0 unspecified atom stereocenters. The lowest BCUT2D eigenvalue weighted by molar-refractivity contribution is 0.0932. The van der Waals surface area contributed by atoms with Crippen LogP contribution >= 0.6 is 23.2 Å². The van der Waals surface area contributed by atoms with Crippen molar-refractivity contribution in [1.29, 1.82) is 0 Å². The highest BCUT2D eigenvalue weighted by Gasteiger charge is 2.46. The van der Waals surface area contributed by atoms with Gasteiger partial charge in [0.2, 0.25) is 11.8 Å². The maximum Gasteiger partial charge on any atom is 0.268 e. The molecular weight excluding hydrogens is 449 g/mol. The first-order valence-corrected chi connectivity index (χ1v) is 11.2. The average Bonchev–Trinajstić information content (AvgIpc) is 3.55. The molecule has 0 saturated heterocycles. The normalized spacial score (nSPS) is 18.1. The lowest BCUT2D eigenvalue weighted by Gasteiger charge is -2.29. The Balaban J connectivity index is 1.25. The van der Waals surface area contributed by atoms with Crippen molar-refractivity contribution in [2.45, 2.75) is 24.8 Å². The van der Waals surface area contributed by atoms with E-state index >= 15 is 0 Å². The Morgan fingerprint density at radius 3 is 2.75 bits per heavy atom. The first-order chi connectivity index (χ1) is 15.5. The summed E-state index contributed by atoms with van der Waals surface area (Å²) in [4.78, 5) is 23.2. The van der Waals surface area contributed by atoms with E-state index in [-0.39, 0.29) is 24.1 Å². The lowest BCUT2D eigenvalue weighted by atomic mass is 9.88. The predicted molar refractivity (Wildman–Crippen MR) is 123 cm³/mol. The van der Waals surface area contributed by atoms with Crippen LogP contribution in [0.3, 0.4) is 0 Å². The molecule has 3 aliphatic rings. The van der Waals surface area contributed by atoms with E-state index in [1.54, 1.807) is 18.2 Å². The maximum atomic E-state index is 13.0. The molecule has 1 amide bonds. The number of amides is 1. The molecule has 9 heteroatoms. The van der Waals surface area contributed by atoms with Gasteiger partial charge >= 0.3 is 0 Å². The van der Waals surface area contributed by atoms with E-state index in [9.17, 15) is 4.79 Å². The summed E-state index contributed by atoms with van der Waals surface area (Å²) >= 11 is 12.5. The fraction of sp³-hybridized carbons (Fsp3) is 0.261. The second-order valence-corrected chi connectivity index (χ2v) is 9.18. The van der Waals surface area contributed by atoms with E-state index in [1.165, 1.54) is 35.1 Å². The van der Waals surface area contributed by atoms with E-state index in [1.807, 2.05) is 0 Å². The predicted octanol–water partition coefficient (Wildman–Crippen LogP) is 4.66. The fourth-order valence-electron chi connectivity index (χ4n) is 4.52. The number of nitrogens with zero attached hydrogens (tertiary/aromatic N) is 3. The third kappa shape index (κ3) is 3.20. The molecule has 1 fully saturated rings. The van der Waals surface area contributed by atoms with Crippen LogP contribution in [0.25, 0.3) is 0 Å². The second kappa shape index (κ2) is 7.33. The number of fused-ring (bicyclic) bond motifs is 3. The molecule has 162 valence electrons. The van der Waals surface area contributed by atoms with E-state index in [0.29, 0.717) is 27.1 Å². The topological polar surface area (TPSA) is 79.4 Å². The zero-order valence-electron chi connectivity index (χ0n) is 17.0. The summed E-state index contributed by atoms with van der Waals surface area (Å²) in [5, 5.41) is 7.48. The molecule has 1 saturated carbocycles. The number of halogens is 2. The van der Waals surface area contributed by atoms with Gasteiger partial charge in [0.1, 0.15) is 5.56 Å². The summed E-state index contributed by atoms with van der Waals surface area (Å²) in [6.45, 7) is 1.87. The molecule has 1 spiro atoms. The standard InChI is InChI=1S/C23H19Cl2N5O2/c24-17-2-1-3-18(25)19(17)30-12-32-20-15(21(30)31)10-27-22(29-20)28-14-4-5-16-13(8-14)9-26-11-23(16)6-7-23/h1-5,8,10,26H,6-7,9,11-12H2,(H,27,28,29). The number of nitrogens with one attached hydrogen (secondary N) is 2. The van der Waals surface area contributed by atoms with E-state index in [4.69, 9.17) is 27.9 Å². The SMILES string of the molecule is O=C1c2cnc(Nc3ccc4c(c3)CNCC43CC3)nc2OCN1c1c(Cl)cccc1Cl. The van der Waals surface area contributed by atoms with Gasteiger partial charge in [-0.3, -0.25) is 9.69 Å². The van der Waals surface area contributed by atoms with Crippen molar-refractivity contribution >= 4 is 46.4 Å². The number of benzene rings is 2. The summed E-state index contributed by atoms with van der Waals surface area (Å²) in [7, 11) is 0. The summed E-state index contributed by atoms with van der Waals surface area (Å²) in [6, 6.07) is 11.5. The molecule has 0 radical (unpaired) electrons. The Kier molecular flexibility index (Phi) is 4.54. The van der Waals surface area contributed by atoms with E-state index < -0.39 is 0 Å². The highest BCUT2D eigenvalue weighted by molar-refractivity contribution is 6.40. The van der Waals surface area contributed by atoms with Gasteiger partial charge in [0.05, 0.1) is 15.7 Å². The Hall–Kier alpha value is -2.87. The number of ether oxygens (including phenoxy) is 1. The quantitative estimate of drug-likeness (QED) is 0.582. The molecule has 3 heterocycles. The Labute approximate surface area is 194 Å². The van der Waals surface area contributed by atoms with Crippen LogP contribution in [0.2, 0.25) is 10.0 Å². The molecule has 2 aromatic carbocycles. The molecule has 1 aliphatic carbocycles. The first-order valence-electron chi connectivity index (χ1n) is 10.4. The third-order valence-electron chi connectivity index (χ3n) is 6.33. The molecule has 2 aliphatic heterocycles. The molecule has 1 aromatic heterocycles. The van der Waals surface area contributed by atoms with Gasteiger partial charge in [-0.2, -0.15) is 4.98 Å². The minimum Gasteiger partial charge on any atom is -0.455 e. The van der Waals surface area contributed by atoms with Crippen molar-refractivity contribution in [3.8, 4) is 5.88 Å². The Morgan fingerprint density at radius 2 is 1.97 bits per heavy atom. The van der Waals surface area contributed by atoms with E-state index in [0.717, 1.165) is 18.8 Å². The van der Waals surface area contributed by atoms with Crippen molar-refractivity contribution in [3.05, 3.63) is 69.3 Å². The van der Waals surface area contributed by atoms with Gasteiger partial charge in [0, 0.05) is 30.4 Å². The van der Waals surface area contributed by atoms with Crippen LogP contribution in [0.4, 0.5) is 17.3 Å². The van der Waals surface area contributed by atoms with Crippen LogP contribution in [0.5, 0.6) is 5.88 Å². The summed E-state index contributed by atoms with van der Waals surface area (Å²) in [6.07, 6.45) is 3.95. The van der Waals surface area contributed by atoms with Crippen molar-refractivity contribution in [2.75, 3.05) is 23.5 Å². The van der Waals surface area contributed by atoms with Crippen LogP contribution in [-0.4, -0.2) is 29.2 Å².